The zero-order valence-electron chi connectivity index (χ0n) is 18.6. The Hall–Kier alpha value is -3.53. The Morgan fingerprint density at radius 2 is 1.92 bits per heavy atom. The summed E-state index contributed by atoms with van der Waals surface area (Å²) in [6.45, 7) is 2.22. The molecule has 1 aromatic carbocycles. The van der Waals surface area contributed by atoms with Crippen LogP contribution in [0.1, 0.15) is 18.1 Å². The van der Waals surface area contributed by atoms with Crippen LogP contribution in [0.25, 0.3) is 28.1 Å². The Bertz CT molecular complexity index is 1630. The molecular weight excluding hydrogens is 522 g/mol. The fourth-order valence-corrected chi connectivity index (χ4v) is 4.96. The lowest BCUT2D eigenvalue weighted by Gasteiger charge is -2.17. The van der Waals surface area contributed by atoms with Gasteiger partial charge in [0.15, 0.2) is 5.82 Å². The fourth-order valence-electron chi connectivity index (χ4n) is 3.58. The number of hydrogen-bond acceptors (Lipinski definition) is 5. The number of fused-ring (bicyclic) bond motifs is 1. The largest absolute Gasteiger partial charge is 0.404 e. The van der Waals surface area contributed by atoms with Gasteiger partial charge in [0.05, 0.1) is 27.5 Å². The van der Waals surface area contributed by atoms with Crippen LogP contribution in [-0.4, -0.2) is 35.2 Å². The molecule has 4 rings (SSSR count). The van der Waals surface area contributed by atoms with Gasteiger partial charge in [0, 0.05) is 17.8 Å². The van der Waals surface area contributed by atoms with Crippen LogP contribution in [0.15, 0.2) is 53.7 Å². The standard InChI is InChI=1S/C23H16ClF4N5O2S/c1-12-8-20-15(9-18(12)25)16(10-29)21(33(20)22-17(24)4-3-7-30-22)19-6-5-14(11-31-19)36(34,35)32-13(2)23(26,27)28/h3-9,11,13,32H,1-2H3. The van der Waals surface area contributed by atoms with Gasteiger partial charge in [-0.2, -0.15) is 23.2 Å². The van der Waals surface area contributed by atoms with Gasteiger partial charge in [-0.15, -0.1) is 0 Å². The van der Waals surface area contributed by atoms with Crippen molar-refractivity contribution < 1.29 is 26.0 Å². The third-order valence-electron chi connectivity index (χ3n) is 5.42. The SMILES string of the molecule is Cc1cc2c(cc1F)c(C#N)c(-c1ccc(S(=O)(=O)NC(C)C(F)(F)F)cn1)n2-c1ncccc1Cl. The van der Waals surface area contributed by atoms with Gasteiger partial charge in [-0.05, 0) is 55.8 Å². The average molecular weight is 538 g/mol. The first-order chi connectivity index (χ1) is 16.8. The summed E-state index contributed by atoms with van der Waals surface area (Å²) < 4.78 is 80.9. The Balaban J connectivity index is 1.93. The molecule has 0 aliphatic heterocycles. The van der Waals surface area contributed by atoms with E-state index in [-0.39, 0.29) is 33.2 Å². The zero-order chi connectivity index (χ0) is 26.4. The molecule has 3 heterocycles. The number of benzene rings is 1. The fraction of sp³-hybridized carbons (Fsp3) is 0.174. The van der Waals surface area contributed by atoms with Crippen LogP contribution in [0, 0.1) is 24.1 Å². The molecule has 0 radical (unpaired) electrons. The van der Waals surface area contributed by atoms with Crippen molar-refractivity contribution in [3.8, 4) is 23.3 Å². The summed E-state index contributed by atoms with van der Waals surface area (Å²) in [4.78, 5) is 7.88. The van der Waals surface area contributed by atoms with E-state index in [2.05, 4.69) is 9.97 Å². The molecule has 4 aromatic rings. The number of nitrogens with one attached hydrogen (secondary N) is 1. The number of hydrogen-bond donors (Lipinski definition) is 1. The Kier molecular flexibility index (Phi) is 6.51. The summed E-state index contributed by atoms with van der Waals surface area (Å²) in [5.41, 5.74) is 0.963. The van der Waals surface area contributed by atoms with Crippen LogP contribution in [-0.2, 0) is 10.0 Å². The molecule has 0 aliphatic carbocycles. The van der Waals surface area contributed by atoms with E-state index in [1.165, 1.54) is 29.0 Å². The van der Waals surface area contributed by atoms with Gasteiger partial charge in [-0.3, -0.25) is 9.55 Å². The summed E-state index contributed by atoms with van der Waals surface area (Å²) >= 11 is 6.37. The molecule has 0 spiro atoms. The van der Waals surface area contributed by atoms with E-state index in [0.29, 0.717) is 18.0 Å². The number of nitrogens with zero attached hydrogens (tertiary/aromatic N) is 4. The van der Waals surface area contributed by atoms with Crippen LogP contribution >= 0.6 is 11.6 Å². The van der Waals surface area contributed by atoms with Crippen molar-refractivity contribution in [2.75, 3.05) is 0 Å². The van der Waals surface area contributed by atoms with Gasteiger partial charge in [-0.1, -0.05) is 11.6 Å². The third-order valence-corrected chi connectivity index (χ3v) is 7.24. The number of halogens is 5. The molecule has 1 N–H and O–H groups in total. The molecule has 0 aliphatic rings. The maximum absolute atomic E-state index is 14.4. The van der Waals surface area contributed by atoms with Crippen molar-refractivity contribution in [1.29, 1.82) is 5.26 Å². The van der Waals surface area contributed by atoms with Crippen LogP contribution < -0.4 is 4.72 Å². The number of pyridine rings is 2. The van der Waals surface area contributed by atoms with E-state index in [4.69, 9.17) is 11.6 Å². The number of sulfonamides is 1. The molecule has 36 heavy (non-hydrogen) atoms. The smallest absolute Gasteiger partial charge is 0.290 e. The monoisotopic (exact) mass is 537 g/mol. The highest BCUT2D eigenvalue weighted by molar-refractivity contribution is 7.89. The van der Waals surface area contributed by atoms with Gasteiger partial charge in [0.1, 0.15) is 22.8 Å². The summed E-state index contributed by atoms with van der Waals surface area (Å²) in [5.74, 6) is -0.333. The average Bonchev–Trinajstić information content (AvgIpc) is 3.11. The summed E-state index contributed by atoms with van der Waals surface area (Å²) in [6.07, 6.45) is -2.44. The first-order valence-electron chi connectivity index (χ1n) is 10.3. The molecular formula is C23H16ClF4N5O2S. The number of nitriles is 1. The van der Waals surface area contributed by atoms with Crippen molar-refractivity contribution in [2.24, 2.45) is 0 Å². The van der Waals surface area contributed by atoms with Crippen molar-refractivity contribution in [1.82, 2.24) is 19.3 Å². The van der Waals surface area contributed by atoms with E-state index in [0.717, 1.165) is 12.3 Å². The Labute approximate surface area is 208 Å². The van der Waals surface area contributed by atoms with Crippen molar-refractivity contribution in [3.63, 3.8) is 0 Å². The predicted octanol–water partition coefficient (Wildman–Crippen LogP) is 5.29. The number of aryl methyl sites for hydroxylation is 1. The second kappa shape index (κ2) is 9.16. The summed E-state index contributed by atoms with van der Waals surface area (Å²) in [6, 6.07) is 7.88. The molecule has 0 amide bonds. The highest BCUT2D eigenvalue weighted by Crippen LogP contribution is 2.37. The first kappa shape index (κ1) is 25.6. The number of aromatic nitrogens is 3. The van der Waals surface area contributed by atoms with E-state index in [1.54, 1.807) is 23.8 Å². The molecule has 186 valence electrons. The topological polar surface area (TPSA) is 101 Å². The summed E-state index contributed by atoms with van der Waals surface area (Å²) in [7, 11) is -4.55. The second-order valence-corrected chi connectivity index (χ2v) is 9.98. The van der Waals surface area contributed by atoms with Crippen molar-refractivity contribution >= 4 is 32.5 Å². The van der Waals surface area contributed by atoms with Crippen molar-refractivity contribution in [2.45, 2.75) is 31.0 Å². The highest BCUT2D eigenvalue weighted by Gasteiger charge is 2.39. The molecule has 3 aromatic heterocycles. The molecule has 0 bridgehead atoms. The van der Waals surface area contributed by atoms with E-state index in [9.17, 15) is 31.2 Å². The van der Waals surface area contributed by atoms with Crippen LogP contribution in [0.3, 0.4) is 0 Å². The number of alkyl halides is 3. The lowest BCUT2D eigenvalue weighted by atomic mass is 10.1. The lowest BCUT2D eigenvalue weighted by molar-refractivity contribution is -0.147. The van der Waals surface area contributed by atoms with Gasteiger partial charge >= 0.3 is 6.18 Å². The normalized spacial score (nSPS) is 13.1. The maximum atomic E-state index is 14.4. The minimum atomic E-state index is -4.78. The molecule has 13 heteroatoms. The van der Waals surface area contributed by atoms with Crippen LogP contribution in [0.5, 0.6) is 0 Å². The quantitative estimate of drug-likeness (QED) is 0.349. The minimum Gasteiger partial charge on any atom is -0.290 e. The predicted molar refractivity (Wildman–Crippen MR) is 125 cm³/mol. The molecule has 1 atom stereocenters. The molecule has 0 saturated carbocycles. The van der Waals surface area contributed by atoms with Crippen molar-refractivity contribution in [3.05, 3.63) is 70.8 Å². The molecule has 0 fully saturated rings. The zero-order valence-corrected chi connectivity index (χ0v) is 20.2. The molecule has 0 saturated heterocycles. The van der Waals surface area contributed by atoms with E-state index in [1.807, 2.05) is 6.07 Å². The number of rotatable bonds is 5. The van der Waals surface area contributed by atoms with Gasteiger partial charge in [-0.25, -0.2) is 17.8 Å². The molecule has 1 unspecified atom stereocenters. The van der Waals surface area contributed by atoms with E-state index >= 15 is 0 Å². The van der Waals surface area contributed by atoms with Crippen LogP contribution in [0.2, 0.25) is 5.02 Å². The van der Waals surface area contributed by atoms with Gasteiger partial charge in [0.2, 0.25) is 10.0 Å². The highest BCUT2D eigenvalue weighted by atomic mass is 35.5. The van der Waals surface area contributed by atoms with Gasteiger partial charge < -0.3 is 0 Å². The third kappa shape index (κ3) is 4.53. The Morgan fingerprint density at radius 3 is 2.50 bits per heavy atom. The maximum Gasteiger partial charge on any atom is 0.404 e. The second-order valence-electron chi connectivity index (χ2n) is 7.86. The minimum absolute atomic E-state index is 0.0255. The molecule has 7 nitrogen and oxygen atoms in total. The van der Waals surface area contributed by atoms with E-state index < -0.39 is 33.0 Å². The van der Waals surface area contributed by atoms with Gasteiger partial charge in [0.25, 0.3) is 0 Å². The van der Waals surface area contributed by atoms with Crippen LogP contribution in [0.4, 0.5) is 17.6 Å². The summed E-state index contributed by atoms with van der Waals surface area (Å²) in [5, 5.41) is 10.4. The lowest BCUT2D eigenvalue weighted by Crippen LogP contribution is -2.42. The first-order valence-corrected chi connectivity index (χ1v) is 12.1. The Morgan fingerprint density at radius 1 is 1.19 bits per heavy atom.